The molecule has 1 amide bonds. The smallest absolute Gasteiger partial charge is 0.227 e. The summed E-state index contributed by atoms with van der Waals surface area (Å²) in [5.74, 6) is 0.542. The van der Waals surface area contributed by atoms with Crippen LogP contribution in [0.4, 0.5) is 0 Å². The summed E-state index contributed by atoms with van der Waals surface area (Å²) in [5, 5.41) is 7.61. The van der Waals surface area contributed by atoms with E-state index in [-0.39, 0.29) is 5.92 Å². The third-order valence-electron chi connectivity index (χ3n) is 4.13. The molecule has 1 atom stereocenters. The van der Waals surface area contributed by atoms with Gasteiger partial charge < -0.3 is 10.2 Å². The number of carbonyl (C=O) groups is 1. The minimum absolute atomic E-state index is 0.204. The molecule has 2 saturated heterocycles. The van der Waals surface area contributed by atoms with Gasteiger partial charge in [-0.15, -0.1) is 0 Å². The normalized spacial score (nSPS) is 24.9. The van der Waals surface area contributed by atoms with Crippen LogP contribution >= 0.6 is 15.9 Å². The minimum Gasteiger partial charge on any atom is -0.342 e. The van der Waals surface area contributed by atoms with Crippen molar-refractivity contribution in [3.05, 3.63) is 16.9 Å². The van der Waals surface area contributed by atoms with E-state index in [0.717, 1.165) is 49.9 Å². The molecule has 0 aromatic carbocycles. The Hall–Kier alpha value is -0.880. The lowest BCUT2D eigenvalue weighted by atomic mass is 10.0. The maximum atomic E-state index is 12.3. The van der Waals surface area contributed by atoms with Crippen molar-refractivity contribution in [2.24, 2.45) is 5.92 Å². The standard InChI is InChI=1S/C13H19BrN4O/c14-11-8-16-18(9-11)12-2-5-17(6-3-12)13(19)10-1-4-15-7-10/h8-10,12,15H,1-7H2. The predicted molar refractivity (Wildman–Crippen MR) is 75.8 cm³/mol. The van der Waals surface area contributed by atoms with Gasteiger partial charge in [-0.25, -0.2) is 0 Å². The Morgan fingerprint density at radius 1 is 1.37 bits per heavy atom. The number of aromatic nitrogens is 2. The Bertz CT molecular complexity index is 447. The summed E-state index contributed by atoms with van der Waals surface area (Å²) >= 11 is 3.42. The Kier molecular flexibility index (Phi) is 3.88. The Balaban J connectivity index is 1.55. The summed E-state index contributed by atoms with van der Waals surface area (Å²) in [6.07, 6.45) is 6.83. The van der Waals surface area contributed by atoms with Crippen LogP contribution in [0.3, 0.4) is 0 Å². The summed E-state index contributed by atoms with van der Waals surface area (Å²) in [4.78, 5) is 14.3. The van der Waals surface area contributed by atoms with Crippen LogP contribution in [0.15, 0.2) is 16.9 Å². The average molecular weight is 327 g/mol. The summed E-state index contributed by atoms with van der Waals surface area (Å²) in [6, 6.07) is 0.428. The van der Waals surface area contributed by atoms with Gasteiger partial charge in [-0.1, -0.05) is 0 Å². The molecule has 104 valence electrons. The number of halogens is 1. The zero-order valence-electron chi connectivity index (χ0n) is 10.9. The number of likely N-dealkylation sites (tertiary alicyclic amines) is 1. The fraction of sp³-hybridized carbons (Fsp3) is 0.692. The highest BCUT2D eigenvalue weighted by Crippen LogP contribution is 2.25. The number of amides is 1. The molecule has 2 aliphatic heterocycles. The SMILES string of the molecule is O=C(C1CCNC1)N1CCC(n2cc(Br)cn2)CC1. The number of rotatable bonds is 2. The summed E-state index contributed by atoms with van der Waals surface area (Å²) in [6.45, 7) is 3.55. The van der Waals surface area contributed by atoms with E-state index >= 15 is 0 Å². The van der Waals surface area contributed by atoms with E-state index in [1.54, 1.807) is 0 Å². The predicted octanol–water partition coefficient (Wildman–Crippen LogP) is 1.42. The third-order valence-corrected chi connectivity index (χ3v) is 4.54. The van der Waals surface area contributed by atoms with Crippen LogP contribution in [0.25, 0.3) is 0 Å². The molecule has 2 fully saturated rings. The van der Waals surface area contributed by atoms with E-state index in [0.29, 0.717) is 11.9 Å². The molecule has 1 aromatic heterocycles. The number of nitrogens with one attached hydrogen (secondary N) is 1. The van der Waals surface area contributed by atoms with Crippen LogP contribution in [0.1, 0.15) is 25.3 Å². The Morgan fingerprint density at radius 3 is 2.74 bits per heavy atom. The van der Waals surface area contributed by atoms with Crippen molar-refractivity contribution in [3.63, 3.8) is 0 Å². The van der Waals surface area contributed by atoms with Crippen molar-refractivity contribution in [2.75, 3.05) is 26.2 Å². The quantitative estimate of drug-likeness (QED) is 0.894. The number of hydrogen-bond donors (Lipinski definition) is 1. The molecular weight excluding hydrogens is 308 g/mol. The molecule has 5 nitrogen and oxygen atoms in total. The first-order chi connectivity index (χ1) is 9.24. The van der Waals surface area contributed by atoms with Crippen molar-refractivity contribution in [1.29, 1.82) is 0 Å². The van der Waals surface area contributed by atoms with Gasteiger partial charge in [0.05, 0.1) is 22.6 Å². The highest BCUT2D eigenvalue weighted by molar-refractivity contribution is 9.10. The molecular formula is C13H19BrN4O. The van der Waals surface area contributed by atoms with E-state index in [1.165, 1.54) is 0 Å². The monoisotopic (exact) mass is 326 g/mol. The first-order valence-electron chi connectivity index (χ1n) is 6.93. The molecule has 1 unspecified atom stereocenters. The lowest BCUT2D eigenvalue weighted by molar-refractivity contribution is -0.136. The molecule has 0 bridgehead atoms. The van der Waals surface area contributed by atoms with Crippen molar-refractivity contribution in [1.82, 2.24) is 20.0 Å². The van der Waals surface area contributed by atoms with Crippen LogP contribution in [-0.2, 0) is 4.79 Å². The van der Waals surface area contributed by atoms with Gasteiger partial charge in [-0.3, -0.25) is 9.48 Å². The second-order valence-corrected chi connectivity index (χ2v) is 6.30. The van der Waals surface area contributed by atoms with Gasteiger partial charge in [-0.05, 0) is 41.7 Å². The fourth-order valence-corrected chi connectivity index (χ4v) is 3.29. The van der Waals surface area contributed by atoms with Gasteiger partial charge in [0.25, 0.3) is 0 Å². The van der Waals surface area contributed by atoms with Crippen molar-refractivity contribution >= 4 is 21.8 Å². The summed E-state index contributed by atoms with van der Waals surface area (Å²) in [5.41, 5.74) is 0. The average Bonchev–Trinajstić information content (AvgIpc) is 3.09. The molecule has 0 saturated carbocycles. The lowest BCUT2D eigenvalue weighted by Crippen LogP contribution is -2.42. The number of hydrogen-bond acceptors (Lipinski definition) is 3. The summed E-state index contributed by atoms with van der Waals surface area (Å²) < 4.78 is 3.03. The maximum absolute atomic E-state index is 12.3. The maximum Gasteiger partial charge on any atom is 0.227 e. The lowest BCUT2D eigenvalue weighted by Gasteiger charge is -2.33. The van der Waals surface area contributed by atoms with E-state index < -0.39 is 0 Å². The van der Waals surface area contributed by atoms with Gasteiger partial charge in [0.1, 0.15) is 0 Å². The second kappa shape index (κ2) is 5.63. The Morgan fingerprint density at radius 2 is 2.16 bits per heavy atom. The topological polar surface area (TPSA) is 50.2 Å². The van der Waals surface area contributed by atoms with Gasteiger partial charge in [-0.2, -0.15) is 5.10 Å². The molecule has 3 heterocycles. The third kappa shape index (κ3) is 2.84. The Labute approximate surface area is 121 Å². The fourth-order valence-electron chi connectivity index (χ4n) is 2.99. The van der Waals surface area contributed by atoms with Crippen LogP contribution in [0.5, 0.6) is 0 Å². The summed E-state index contributed by atoms with van der Waals surface area (Å²) in [7, 11) is 0. The molecule has 3 rings (SSSR count). The molecule has 19 heavy (non-hydrogen) atoms. The molecule has 1 aromatic rings. The van der Waals surface area contributed by atoms with Crippen molar-refractivity contribution in [2.45, 2.75) is 25.3 Å². The first kappa shape index (κ1) is 13.1. The molecule has 0 aliphatic carbocycles. The largest absolute Gasteiger partial charge is 0.342 e. The zero-order valence-corrected chi connectivity index (χ0v) is 12.5. The van der Waals surface area contributed by atoms with Crippen LogP contribution < -0.4 is 5.32 Å². The first-order valence-corrected chi connectivity index (χ1v) is 7.72. The van der Waals surface area contributed by atoms with E-state index in [2.05, 4.69) is 26.3 Å². The second-order valence-electron chi connectivity index (χ2n) is 5.38. The van der Waals surface area contributed by atoms with E-state index in [1.807, 2.05) is 22.0 Å². The van der Waals surface area contributed by atoms with Crippen LogP contribution in [0.2, 0.25) is 0 Å². The highest BCUT2D eigenvalue weighted by Gasteiger charge is 2.30. The van der Waals surface area contributed by atoms with Crippen LogP contribution in [0, 0.1) is 5.92 Å². The molecule has 1 N–H and O–H groups in total. The van der Waals surface area contributed by atoms with Gasteiger partial charge in [0.2, 0.25) is 5.91 Å². The molecule has 2 aliphatic rings. The molecule has 0 radical (unpaired) electrons. The molecule has 0 spiro atoms. The van der Waals surface area contributed by atoms with E-state index in [9.17, 15) is 4.79 Å². The van der Waals surface area contributed by atoms with Gasteiger partial charge >= 0.3 is 0 Å². The number of nitrogens with zero attached hydrogens (tertiary/aromatic N) is 3. The zero-order chi connectivity index (χ0) is 13.2. The van der Waals surface area contributed by atoms with Gasteiger partial charge in [0, 0.05) is 25.8 Å². The number of carbonyl (C=O) groups excluding carboxylic acids is 1. The number of piperidine rings is 1. The van der Waals surface area contributed by atoms with Gasteiger partial charge in [0.15, 0.2) is 0 Å². The van der Waals surface area contributed by atoms with Crippen molar-refractivity contribution < 1.29 is 4.79 Å². The van der Waals surface area contributed by atoms with E-state index in [4.69, 9.17) is 0 Å². The van der Waals surface area contributed by atoms with Crippen molar-refractivity contribution in [3.8, 4) is 0 Å². The minimum atomic E-state index is 0.204. The molecule has 6 heteroatoms. The van der Waals surface area contributed by atoms with Crippen LogP contribution in [-0.4, -0.2) is 46.8 Å². The highest BCUT2D eigenvalue weighted by atomic mass is 79.9.